The Kier molecular flexibility index (Phi) is 6.00. The highest BCUT2D eigenvalue weighted by Crippen LogP contribution is 2.26. The van der Waals surface area contributed by atoms with Gasteiger partial charge in [0.1, 0.15) is 23.1 Å². The number of primary amides is 1. The molecule has 1 heterocycles. The standard InChI is InChI=1S/C19H21FN4O3/c1-26-9-8-24-17-10-15(27-14-4-2-13(20)3-5-14)6-7-16(17)23-19(24)12-22-11-18(21)25/h2-7,10,22H,8-9,11-12H2,1H3,(H2,21,25). The topological polar surface area (TPSA) is 91.4 Å². The fraction of sp³-hybridized carbons (Fsp3) is 0.263. The molecule has 0 saturated carbocycles. The quantitative estimate of drug-likeness (QED) is 0.601. The molecule has 3 N–H and O–H groups in total. The maximum Gasteiger partial charge on any atom is 0.231 e. The van der Waals surface area contributed by atoms with Gasteiger partial charge < -0.3 is 25.1 Å². The molecular weight excluding hydrogens is 351 g/mol. The van der Waals surface area contributed by atoms with Crippen molar-refractivity contribution in [1.29, 1.82) is 0 Å². The monoisotopic (exact) mass is 372 g/mol. The maximum absolute atomic E-state index is 13.0. The zero-order valence-electron chi connectivity index (χ0n) is 14.9. The molecule has 2 aromatic carbocycles. The average Bonchev–Trinajstić information content (AvgIpc) is 2.98. The summed E-state index contributed by atoms with van der Waals surface area (Å²) in [6, 6.07) is 11.4. The minimum Gasteiger partial charge on any atom is -0.457 e. The van der Waals surface area contributed by atoms with Crippen LogP contribution < -0.4 is 15.8 Å². The number of nitrogens with zero attached hydrogens (tertiary/aromatic N) is 2. The Morgan fingerprint density at radius 1 is 1.22 bits per heavy atom. The second-order valence-corrected chi connectivity index (χ2v) is 5.95. The molecule has 0 atom stereocenters. The Bertz CT molecular complexity index is 925. The number of halogens is 1. The summed E-state index contributed by atoms with van der Waals surface area (Å²) in [7, 11) is 1.63. The largest absolute Gasteiger partial charge is 0.457 e. The predicted molar refractivity (Wildman–Crippen MR) is 99.0 cm³/mol. The van der Waals surface area contributed by atoms with Gasteiger partial charge in [0.05, 0.1) is 30.7 Å². The number of aromatic nitrogens is 2. The molecule has 0 aliphatic carbocycles. The summed E-state index contributed by atoms with van der Waals surface area (Å²) in [6.45, 7) is 1.58. The van der Waals surface area contributed by atoms with E-state index in [1.807, 2.05) is 16.7 Å². The summed E-state index contributed by atoms with van der Waals surface area (Å²) in [4.78, 5) is 15.5. The molecule has 0 radical (unpaired) electrons. The summed E-state index contributed by atoms with van der Waals surface area (Å²) < 4.78 is 26.0. The van der Waals surface area contributed by atoms with E-state index in [2.05, 4.69) is 10.3 Å². The van der Waals surface area contributed by atoms with Crippen LogP contribution in [-0.2, 0) is 22.6 Å². The zero-order chi connectivity index (χ0) is 19.2. The summed E-state index contributed by atoms with van der Waals surface area (Å²) >= 11 is 0. The van der Waals surface area contributed by atoms with Gasteiger partial charge in [0.15, 0.2) is 0 Å². The highest BCUT2D eigenvalue weighted by Gasteiger charge is 2.12. The van der Waals surface area contributed by atoms with Crippen molar-refractivity contribution in [2.75, 3.05) is 20.3 Å². The average molecular weight is 372 g/mol. The number of benzene rings is 2. The number of fused-ring (bicyclic) bond motifs is 1. The van der Waals surface area contributed by atoms with Crippen LogP contribution in [0.3, 0.4) is 0 Å². The van der Waals surface area contributed by atoms with E-state index in [0.717, 1.165) is 16.9 Å². The first-order chi connectivity index (χ1) is 13.1. The molecule has 1 aromatic heterocycles. The van der Waals surface area contributed by atoms with Crippen molar-refractivity contribution < 1.29 is 18.7 Å². The molecule has 27 heavy (non-hydrogen) atoms. The van der Waals surface area contributed by atoms with Gasteiger partial charge in [0.2, 0.25) is 5.91 Å². The van der Waals surface area contributed by atoms with Crippen LogP contribution in [0.4, 0.5) is 4.39 Å². The van der Waals surface area contributed by atoms with E-state index in [4.69, 9.17) is 15.2 Å². The number of carbonyl (C=O) groups is 1. The van der Waals surface area contributed by atoms with Gasteiger partial charge >= 0.3 is 0 Å². The Hall–Kier alpha value is -2.97. The van der Waals surface area contributed by atoms with Crippen molar-refractivity contribution >= 4 is 16.9 Å². The minimum absolute atomic E-state index is 0.0758. The number of amides is 1. The van der Waals surface area contributed by atoms with E-state index >= 15 is 0 Å². The van der Waals surface area contributed by atoms with Crippen LogP contribution in [-0.4, -0.2) is 35.7 Å². The Morgan fingerprint density at radius 2 is 1.96 bits per heavy atom. The van der Waals surface area contributed by atoms with Crippen LogP contribution in [0.5, 0.6) is 11.5 Å². The fourth-order valence-electron chi connectivity index (χ4n) is 2.72. The molecule has 0 spiro atoms. The first-order valence-corrected chi connectivity index (χ1v) is 8.47. The molecule has 0 aliphatic heterocycles. The third kappa shape index (κ3) is 4.81. The molecule has 8 heteroatoms. The first kappa shape index (κ1) is 18.8. The molecule has 0 unspecified atom stereocenters. The minimum atomic E-state index is -0.426. The van der Waals surface area contributed by atoms with Gasteiger partial charge in [-0.2, -0.15) is 0 Å². The molecule has 3 rings (SSSR count). The van der Waals surface area contributed by atoms with Crippen molar-refractivity contribution in [2.45, 2.75) is 13.1 Å². The van der Waals surface area contributed by atoms with Gasteiger partial charge in [-0.05, 0) is 36.4 Å². The van der Waals surface area contributed by atoms with Crippen molar-refractivity contribution in [3.63, 3.8) is 0 Å². The number of ether oxygens (including phenoxy) is 2. The molecular formula is C19H21FN4O3. The Balaban J connectivity index is 1.88. The number of imidazole rings is 1. The highest BCUT2D eigenvalue weighted by molar-refractivity contribution is 5.78. The van der Waals surface area contributed by atoms with E-state index in [1.54, 1.807) is 25.3 Å². The van der Waals surface area contributed by atoms with Crippen LogP contribution in [0.2, 0.25) is 0 Å². The summed E-state index contributed by atoms with van der Waals surface area (Å²) in [5.41, 5.74) is 6.84. The second kappa shape index (κ2) is 8.61. The fourth-order valence-corrected chi connectivity index (χ4v) is 2.72. The molecule has 0 aliphatic rings. The van der Waals surface area contributed by atoms with Crippen LogP contribution in [0.1, 0.15) is 5.82 Å². The summed E-state index contributed by atoms with van der Waals surface area (Å²) in [5.74, 6) is 1.18. The maximum atomic E-state index is 13.0. The molecule has 3 aromatic rings. The van der Waals surface area contributed by atoms with Crippen LogP contribution in [0, 0.1) is 5.82 Å². The van der Waals surface area contributed by atoms with Gasteiger partial charge in [0.25, 0.3) is 0 Å². The molecule has 142 valence electrons. The van der Waals surface area contributed by atoms with Crippen molar-refractivity contribution in [2.24, 2.45) is 5.73 Å². The first-order valence-electron chi connectivity index (χ1n) is 8.47. The lowest BCUT2D eigenvalue weighted by molar-refractivity contribution is -0.117. The van der Waals surface area contributed by atoms with Crippen LogP contribution in [0.25, 0.3) is 11.0 Å². The lowest BCUT2D eigenvalue weighted by atomic mass is 10.3. The van der Waals surface area contributed by atoms with Gasteiger partial charge in [-0.1, -0.05) is 0 Å². The Labute approximate surface area is 155 Å². The summed E-state index contributed by atoms with van der Waals surface area (Å²) in [6.07, 6.45) is 0. The van der Waals surface area contributed by atoms with E-state index in [-0.39, 0.29) is 12.4 Å². The number of nitrogens with one attached hydrogen (secondary N) is 1. The number of methoxy groups -OCH3 is 1. The third-order valence-electron chi connectivity index (χ3n) is 3.95. The van der Waals surface area contributed by atoms with Gasteiger partial charge in [-0.25, -0.2) is 9.37 Å². The number of hydrogen-bond donors (Lipinski definition) is 2. The number of rotatable bonds is 9. The predicted octanol–water partition coefficient (Wildman–Crippen LogP) is 2.19. The molecule has 7 nitrogen and oxygen atoms in total. The highest BCUT2D eigenvalue weighted by atomic mass is 19.1. The molecule has 0 bridgehead atoms. The van der Waals surface area contributed by atoms with E-state index < -0.39 is 5.91 Å². The number of hydrogen-bond acceptors (Lipinski definition) is 5. The van der Waals surface area contributed by atoms with Crippen molar-refractivity contribution in [3.8, 4) is 11.5 Å². The third-order valence-corrected chi connectivity index (χ3v) is 3.95. The van der Waals surface area contributed by atoms with Crippen LogP contribution >= 0.6 is 0 Å². The van der Waals surface area contributed by atoms with Gasteiger partial charge in [-0.15, -0.1) is 0 Å². The second-order valence-electron chi connectivity index (χ2n) is 5.95. The molecule has 0 fully saturated rings. The van der Waals surface area contributed by atoms with E-state index in [0.29, 0.717) is 31.2 Å². The Morgan fingerprint density at radius 3 is 2.67 bits per heavy atom. The number of nitrogens with two attached hydrogens (primary N) is 1. The van der Waals surface area contributed by atoms with E-state index in [1.165, 1.54) is 12.1 Å². The van der Waals surface area contributed by atoms with Gasteiger partial charge in [-0.3, -0.25) is 4.79 Å². The van der Waals surface area contributed by atoms with Crippen molar-refractivity contribution in [3.05, 3.63) is 54.1 Å². The summed E-state index contributed by atoms with van der Waals surface area (Å²) in [5, 5.41) is 2.97. The normalized spacial score (nSPS) is 11.0. The van der Waals surface area contributed by atoms with Crippen LogP contribution in [0.15, 0.2) is 42.5 Å². The lowest BCUT2D eigenvalue weighted by Crippen LogP contribution is -2.29. The lowest BCUT2D eigenvalue weighted by Gasteiger charge is -2.10. The SMILES string of the molecule is COCCn1c(CNCC(N)=O)nc2ccc(Oc3ccc(F)cc3)cc21. The van der Waals surface area contributed by atoms with E-state index in [9.17, 15) is 9.18 Å². The molecule has 0 saturated heterocycles. The number of carbonyl (C=O) groups excluding carboxylic acids is 1. The molecule has 1 amide bonds. The van der Waals surface area contributed by atoms with Crippen molar-refractivity contribution in [1.82, 2.24) is 14.9 Å². The zero-order valence-corrected chi connectivity index (χ0v) is 14.9. The van der Waals surface area contributed by atoms with Gasteiger partial charge in [0, 0.05) is 19.7 Å². The smallest absolute Gasteiger partial charge is 0.231 e.